The van der Waals surface area contributed by atoms with Gasteiger partial charge in [0, 0.05) is 10.7 Å². The Balaban J connectivity index is 2.50. The smallest absolute Gasteiger partial charge is 0.0632 e. The number of hydrogen-bond acceptors (Lipinski definition) is 3. The SMILES string of the molecule is CC(C)CCCC(NN)c1ccc(Br)cn1. The molecule has 1 rings (SSSR count). The molecule has 1 unspecified atom stereocenters. The van der Waals surface area contributed by atoms with E-state index in [0.29, 0.717) is 0 Å². The molecule has 90 valence electrons. The molecular weight excluding hydrogens is 266 g/mol. The summed E-state index contributed by atoms with van der Waals surface area (Å²) in [6, 6.07) is 4.16. The molecule has 0 fully saturated rings. The number of aromatic nitrogens is 1. The van der Waals surface area contributed by atoms with Crippen molar-refractivity contribution in [3.8, 4) is 0 Å². The fourth-order valence-electron chi connectivity index (χ4n) is 1.64. The van der Waals surface area contributed by atoms with Crippen LogP contribution < -0.4 is 11.3 Å². The van der Waals surface area contributed by atoms with Gasteiger partial charge in [0.2, 0.25) is 0 Å². The van der Waals surface area contributed by atoms with E-state index in [0.717, 1.165) is 22.5 Å². The number of nitrogens with zero attached hydrogens (tertiary/aromatic N) is 1. The molecular formula is C12H20BrN3. The number of halogens is 1. The van der Waals surface area contributed by atoms with Gasteiger partial charge in [0.1, 0.15) is 0 Å². The molecule has 16 heavy (non-hydrogen) atoms. The van der Waals surface area contributed by atoms with Crippen LogP contribution in [0.15, 0.2) is 22.8 Å². The molecule has 1 aromatic rings. The maximum Gasteiger partial charge on any atom is 0.0632 e. The molecule has 1 aromatic heterocycles. The average molecular weight is 286 g/mol. The summed E-state index contributed by atoms with van der Waals surface area (Å²) in [6.45, 7) is 4.48. The summed E-state index contributed by atoms with van der Waals surface area (Å²) >= 11 is 3.37. The van der Waals surface area contributed by atoms with E-state index in [4.69, 9.17) is 5.84 Å². The standard InChI is InChI=1S/C12H20BrN3/c1-9(2)4-3-5-12(16-14)11-7-6-10(13)8-15-11/h6-9,12,16H,3-5,14H2,1-2H3. The number of hydrazine groups is 1. The first-order valence-corrected chi connectivity index (χ1v) is 6.50. The normalized spacial score (nSPS) is 13.1. The monoisotopic (exact) mass is 285 g/mol. The van der Waals surface area contributed by atoms with E-state index in [9.17, 15) is 0 Å². The van der Waals surface area contributed by atoms with E-state index in [-0.39, 0.29) is 6.04 Å². The van der Waals surface area contributed by atoms with Gasteiger partial charge in [-0.2, -0.15) is 0 Å². The molecule has 0 aliphatic rings. The van der Waals surface area contributed by atoms with Crippen LogP contribution >= 0.6 is 15.9 Å². The predicted molar refractivity (Wildman–Crippen MR) is 70.7 cm³/mol. The summed E-state index contributed by atoms with van der Waals surface area (Å²) in [5.41, 5.74) is 3.84. The van der Waals surface area contributed by atoms with Crippen molar-refractivity contribution in [2.75, 3.05) is 0 Å². The summed E-state index contributed by atoms with van der Waals surface area (Å²) in [7, 11) is 0. The molecule has 0 aromatic carbocycles. The number of nitrogens with one attached hydrogen (secondary N) is 1. The molecule has 1 atom stereocenters. The summed E-state index contributed by atoms with van der Waals surface area (Å²) < 4.78 is 0.995. The molecule has 0 saturated carbocycles. The second kappa shape index (κ2) is 6.99. The van der Waals surface area contributed by atoms with Crippen molar-refractivity contribution in [2.45, 2.75) is 39.2 Å². The third-order valence-electron chi connectivity index (χ3n) is 2.58. The van der Waals surface area contributed by atoms with Crippen LogP contribution in [-0.4, -0.2) is 4.98 Å². The van der Waals surface area contributed by atoms with Crippen molar-refractivity contribution in [2.24, 2.45) is 11.8 Å². The van der Waals surface area contributed by atoms with Crippen LogP contribution in [0.5, 0.6) is 0 Å². The zero-order chi connectivity index (χ0) is 12.0. The Labute approximate surface area is 106 Å². The lowest BCUT2D eigenvalue weighted by Crippen LogP contribution is -2.28. The number of rotatable bonds is 6. The largest absolute Gasteiger partial charge is 0.271 e. The molecule has 0 aliphatic carbocycles. The fraction of sp³-hybridized carbons (Fsp3) is 0.583. The molecule has 0 bridgehead atoms. The average Bonchev–Trinajstić information content (AvgIpc) is 2.26. The van der Waals surface area contributed by atoms with Crippen LogP contribution in [0.1, 0.15) is 44.8 Å². The van der Waals surface area contributed by atoms with Crippen molar-refractivity contribution in [1.29, 1.82) is 0 Å². The molecule has 3 nitrogen and oxygen atoms in total. The third-order valence-corrected chi connectivity index (χ3v) is 3.05. The maximum atomic E-state index is 5.56. The first-order chi connectivity index (χ1) is 7.63. The minimum Gasteiger partial charge on any atom is -0.271 e. The van der Waals surface area contributed by atoms with Crippen molar-refractivity contribution in [3.05, 3.63) is 28.5 Å². The molecule has 0 amide bonds. The van der Waals surface area contributed by atoms with Gasteiger partial charge in [0.15, 0.2) is 0 Å². The van der Waals surface area contributed by atoms with Crippen LogP contribution in [0.3, 0.4) is 0 Å². The molecule has 0 saturated heterocycles. The lowest BCUT2D eigenvalue weighted by molar-refractivity contribution is 0.448. The lowest BCUT2D eigenvalue weighted by atomic mass is 10.0. The van der Waals surface area contributed by atoms with Crippen molar-refractivity contribution < 1.29 is 0 Å². The molecule has 0 spiro atoms. The van der Waals surface area contributed by atoms with Gasteiger partial charge in [-0.3, -0.25) is 16.3 Å². The van der Waals surface area contributed by atoms with Crippen molar-refractivity contribution in [3.63, 3.8) is 0 Å². The lowest BCUT2D eigenvalue weighted by Gasteiger charge is -2.15. The Morgan fingerprint density at radius 1 is 1.38 bits per heavy atom. The van der Waals surface area contributed by atoms with Gasteiger partial charge >= 0.3 is 0 Å². The number of nitrogens with two attached hydrogens (primary N) is 1. The van der Waals surface area contributed by atoms with E-state index in [2.05, 4.69) is 40.2 Å². The topological polar surface area (TPSA) is 50.9 Å². The highest BCUT2D eigenvalue weighted by Gasteiger charge is 2.10. The van der Waals surface area contributed by atoms with Crippen molar-refractivity contribution in [1.82, 2.24) is 10.4 Å². The van der Waals surface area contributed by atoms with E-state index in [1.54, 1.807) is 0 Å². The highest BCUT2D eigenvalue weighted by atomic mass is 79.9. The predicted octanol–water partition coefficient (Wildman–Crippen LogP) is 3.17. The second-order valence-corrected chi connectivity index (χ2v) is 5.36. The Hall–Kier alpha value is -0.450. The molecule has 4 heteroatoms. The van der Waals surface area contributed by atoms with E-state index in [1.807, 2.05) is 18.3 Å². The van der Waals surface area contributed by atoms with Crippen LogP contribution in [0.25, 0.3) is 0 Å². The Bertz CT molecular complexity index is 298. The van der Waals surface area contributed by atoms with Gasteiger partial charge < -0.3 is 0 Å². The van der Waals surface area contributed by atoms with E-state index >= 15 is 0 Å². The van der Waals surface area contributed by atoms with Gasteiger partial charge in [0.25, 0.3) is 0 Å². The zero-order valence-corrected chi connectivity index (χ0v) is 11.5. The fourth-order valence-corrected chi connectivity index (χ4v) is 1.87. The summed E-state index contributed by atoms with van der Waals surface area (Å²) in [5.74, 6) is 6.30. The van der Waals surface area contributed by atoms with Crippen molar-refractivity contribution >= 4 is 15.9 Å². The minimum atomic E-state index is 0.159. The van der Waals surface area contributed by atoms with E-state index in [1.165, 1.54) is 12.8 Å². The van der Waals surface area contributed by atoms with E-state index < -0.39 is 0 Å². The molecule has 0 radical (unpaired) electrons. The Morgan fingerprint density at radius 3 is 2.62 bits per heavy atom. The number of pyridine rings is 1. The maximum absolute atomic E-state index is 5.56. The quantitative estimate of drug-likeness (QED) is 0.624. The van der Waals surface area contributed by atoms with Crippen LogP contribution in [0.2, 0.25) is 0 Å². The van der Waals surface area contributed by atoms with Gasteiger partial charge in [0.05, 0.1) is 11.7 Å². The van der Waals surface area contributed by atoms with Gasteiger partial charge in [-0.1, -0.05) is 26.7 Å². The zero-order valence-electron chi connectivity index (χ0n) is 9.91. The molecule has 0 aliphatic heterocycles. The summed E-state index contributed by atoms with van der Waals surface area (Å²) in [4.78, 5) is 4.36. The van der Waals surface area contributed by atoms with Crippen LogP contribution in [-0.2, 0) is 0 Å². The molecule has 1 heterocycles. The first kappa shape index (κ1) is 13.6. The minimum absolute atomic E-state index is 0.159. The van der Waals surface area contributed by atoms with Crippen LogP contribution in [0.4, 0.5) is 0 Å². The summed E-state index contributed by atoms with van der Waals surface area (Å²) in [5, 5.41) is 0. The Kier molecular flexibility index (Phi) is 5.95. The highest BCUT2D eigenvalue weighted by molar-refractivity contribution is 9.10. The third kappa shape index (κ3) is 4.60. The van der Waals surface area contributed by atoms with Gasteiger partial charge in [-0.05, 0) is 40.4 Å². The molecule has 3 N–H and O–H groups in total. The Morgan fingerprint density at radius 2 is 2.12 bits per heavy atom. The number of hydrogen-bond donors (Lipinski definition) is 2. The second-order valence-electron chi connectivity index (χ2n) is 4.45. The first-order valence-electron chi connectivity index (χ1n) is 5.71. The summed E-state index contributed by atoms with van der Waals surface area (Å²) in [6.07, 6.45) is 5.24. The van der Waals surface area contributed by atoms with Gasteiger partial charge in [-0.15, -0.1) is 0 Å². The van der Waals surface area contributed by atoms with Gasteiger partial charge in [-0.25, -0.2) is 0 Å². The highest BCUT2D eigenvalue weighted by Crippen LogP contribution is 2.19. The van der Waals surface area contributed by atoms with Crippen LogP contribution in [0, 0.1) is 5.92 Å².